The van der Waals surface area contributed by atoms with Crippen molar-refractivity contribution in [3.05, 3.63) is 18.2 Å². The van der Waals surface area contributed by atoms with Crippen molar-refractivity contribution < 1.29 is 9.53 Å². The highest BCUT2D eigenvalue weighted by molar-refractivity contribution is 6.45. The number of hydrazone groups is 1. The number of nitrogens with two attached hydrogens (primary N) is 1. The van der Waals surface area contributed by atoms with Crippen molar-refractivity contribution in [2.75, 3.05) is 17.9 Å². The largest absolute Gasteiger partial charge is 0.495 e. The molecule has 0 bridgehead atoms. The summed E-state index contributed by atoms with van der Waals surface area (Å²) in [5, 5.41) is 22.4. The van der Waals surface area contributed by atoms with Gasteiger partial charge in [-0.1, -0.05) is 6.92 Å². The van der Waals surface area contributed by atoms with Crippen LogP contribution in [0.3, 0.4) is 0 Å². The average molecular weight is 288 g/mol. The summed E-state index contributed by atoms with van der Waals surface area (Å²) in [6, 6.07) is 6.61. The predicted molar refractivity (Wildman–Crippen MR) is 80.5 cm³/mol. The number of rotatable bonds is 6. The number of hydrogen-bond acceptors (Lipinski definition) is 6. The first-order valence-electron chi connectivity index (χ1n) is 6.07. The Hall–Kier alpha value is -3.08. The second kappa shape index (κ2) is 7.49. The summed E-state index contributed by atoms with van der Waals surface area (Å²) in [5.74, 6) is -0.107. The van der Waals surface area contributed by atoms with E-state index in [1.54, 1.807) is 31.2 Å². The molecule has 0 heterocycles. The summed E-state index contributed by atoms with van der Waals surface area (Å²) in [6.07, 6.45) is 0.357. The predicted octanol–water partition coefficient (Wildman–Crippen LogP) is 1.27. The molecule has 0 aliphatic carbocycles. The van der Waals surface area contributed by atoms with Gasteiger partial charge in [-0.2, -0.15) is 10.4 Å². The van der Waals surface area contributed by atoms with Gasteiger partial charge in [-0.15, -0.1) is 0 Å². The Morgan fingerprint density at radius 3 is 2.81 bits per heavy atom. The fourth-order valence-electron chi connectivity index (χ4n) is 1.38. The second-order valence-corrected chi connectivity index (χ2v) is 3.91. The molecule has 1 amide bonds. The quantitative estimate of drug-likeness (QED) is 0.355. The molecule has 0 spiro atoms. The van der Waals surface area contributed by atoms with E-state index in [1.165, 1.54) is 7.11 Å². The maximum atomic E-state index is 11.4. The Morgan fingerprint density at radius 2 is 2.29 bits per heavy atom. The fourth-order valence-corrected chi connectivity index (χ4v) is 1.38. The van der Waals surface area contributed by atoms with Gasteiger partial charge in [0.1, 0.15) is 17.5 Å². The van der Waals surface area contributed by atoms with Crippen LogP contribution in [0.4, 0.5) is 11.4 Å². The molecular formula is C13H16N6O2. The van der Waals surface area contributed by atoms with Crippen LogP contribution in [0.2, 0.25) is 0 Å². The molecule has 0 unspecified atom stereocenters. The topological polar surface area (TPSA) is 136 Å². The van der Waals surface area contributed by atoms with E-state index in [4.69, 9.17) is 21.1 Å². The van der Waals surface area contributed by atoms with Crippen LogP contribution in [0, 0.1) is 16.7 Å². The number of methoxy groups -OCH3 is 1. The number of amidine groups is 1. The molecule has 8 nitrogen and oxygen atoms in total. The van der Waals surface area contributed by atoms with E-state index < -0.39 is 5.84 Å². The van der Waals surface area contributed by atoms with Crippen LogP contribution < -0.4 is 21.2 Å². The standard InChI is InChI=1S/C13H16N6O2/c1-3-12(20)17-8-4-5-11(21-2)9(6-8)18-19-10(7-14)13(15)16/h4-6,18H,3H2,1-2H3,(H3,15,16)(H,17,20)/b19-10+. The Bertz CT molecular complexity index is 618. The molecule has 0 fully saturated rings. The highest BCUT2D eigenvalue weighted by Gasteiger charge is 2.07. The lowest BCUT2D eigenvalue weighted by molar-refractivity contribution is -0.115. The molecule has 21 heavy (non-hydrogen) atoms. The molecule has 0 saturated heterocycles. The highest BCUT2D eigenvalue weighted by Crippen LogP contribution is 2.27. The Morgan fingerprint density at radius 1 is 1.57 bits per heavy atom. The molecule has 0 radical (unpaired) electrons. The third kappa shape index (κ3) is 4.50. The van der Waals surface area contributed by atoms with E-state index >= 15 is 0 Å². The van der Waals surface area contributed by atoms with E-state index in [-0.39, 0.29) is 11.6 Å². The second-order valence-electron chi connectivity index (χ2n) is 3.91. The van der Waals surface area contributed by atoms with Gasteiger partial charge in [-0.3, -0.25) is 15.6 Å². The monoisotopic (exact) mass is 288 g/mol. The van der Waals surface area contributed by atoms with Crippen molar-refractivity contribution in [2.45, 2.75) is 13.3 Å². The Kier molecular flexibility index (Phi) is 5.70. The van der Waals surface area contributed by atoms with E-state index in [0.717, 1.165) is 0 Å². The van der Waals surface area contributed by atoms with Gasteiger partial charge < -0.3 is 15.8 Å². The van der Waals surface area contributed by atoms with Crippen LogP contribution in [-0.4, -0.2) is 24.6 Å². The molecule has 0 atom stereocenters. The number of amides is 1. The number of carbonyl (C=O) groups excluding carboxylic acids is 1. The fraction of sp³-hybridized carbons (Fsp3) is 0.231. The van der Waals surface area contributed by atoms with Crippen molar-refractivity contribution in [1.82, 2.24) is 0 Å². The van der Waals surface area contributed by atoms with Crippen molar-refractivity contribution >= 4 is 28.8 Å². The van der Waals surface area contributed by atoms with Crippen LogP contribution in [0.25, 0.3) is 0 Å². The summed E-state index contributed by atoms with van der Waals surface area (Å²) in [4.78, 5) is 11.4. The molecule has 0 aliphatic heterocycles. The molecule has 0 aliphatic rings. The average Bonchev–Trinajstić information content (AvgIpc) is 2.47. The first kappa shape index (κ1) is 16.0. The molecule has 1 aromatic carbocycles. The van der Waals surface area contributed by atoms with Gasteiger partial charge in [0.2, 0.25) is 11.6 Å². The number of nitrogens with zero attached hydrogens (tertiary/aromatic N) is 2. The molecule has 110 valence electrons. The molecule has 0 saturated carbocycles. The third-order valence-electron chi connectivity index (χ3n) is 2.45. The van der Waals surface area contributed by atoms with Crippen molar-refractivity contribution in [1.29, 1.82) is 10.7 Å². The first-order valence-corrected chi connectivity index (χ1v) is 6.07. The number of ether oxygens (including phenoxy) is 1. The maximum absolute atomic E-state index is 11.4. The molecule has 5 N–H and O–H groups in total. The summed E-state index contributed by atoms with van der Waals surface area (Å²) in [7, 11) is 1.48. The Labute approximate surface area is 122 Å². The zero-order chi connectivity index (χ0) is 15.8. The van der Waals surface area contributed by atoms with Crippen LogP contribution in [0.1, 0.15) is 13.3 Å². The molecule has 0 aromatic heterocycles. The highest BCUT2D eigenvalue weighted by atomic mass is 16.5. The number of carbonyl (C=O) groups is 1. The Balaban J connectivity index is 3.04. The van der Waals surface area contributed by atoms with Gasteiger partial charge in [0, 0.05) is 12.1 Å². The third-order valence-corrected chi connectivity index (χ3v) is 2.45. The van der Waals surface area contributed by atoms with Gasteiger partial charge in [0.25, 0.3) is 0 Å². The minimum absolute atomic E-state index is 0.129. The SMILES string of the molecule is CCC(=O)Nc1ccc(OC)c(N/N=C(\C#N)C(=N)N)c1. The van der Waals surface area contributed by atoms with E-state index in [2.05, 4.69) is 15.8 Å². The van der Waals surface area contributed by atoms with Crippen LogP contribution >= 0.6 is 0 Å². The van der Waals surface area contributed by atoms with E-state index in [9.17, 15) is 4.79 Å². The zero-order valence-corrected chi connectivity index (χ0v) is 11.7. The van der Waals surface area contributed by atoms with Crippen molar-refractivity contribution in [3.8, 4) is 11.8 Å². The summed E-state index contributed by atoms with van der Waals surface area (Å²) in [6.45, 7) is 1.74. The lowest BCUT2D eigenvalue weighted by Gasteiger charge is -2.11. The number of nitrogens with one attached hydrogen (secondary N) is 3. The minimum Gasteiger partial charge on any atom is -0.495 e. The van der Waals surface area contributed by atoms with E-state index in [1.807, 2.05) is 0 Å². The number of anilines is 2. The summed E-state index contributed by atoms with van der Waals surface area (Å²) < 4.78 is 5.15. The lowest BCUT2D eigenvalue weighted by atomic mass is 10.2. The van der Waals surface area contributed by atoms with Gasteiger partial charge in [-0.25, -0.2) is 0 Å². The van der Waals surface area contributed by atoms with Crippen LogP contribution in [-0.2, 0) is 4.79 Å². The van der Waals surface area contributed by atoms with E-state index in [0.29, 0.717) is 23.5 Å². The molecular weight excluding hydrogens is 272 g/mol. The first-order chi connectivity index (χ1) is 10.0. The van der Waals surface area contributed by atoms with Crippen molar-refractivity contribution in [3.63, 3.8) is 0 Å². The number of benzene rings is 1. The maximum Gasteiger partial charge on any atom is 0.224 e. The van der Waals surface area contributed by atoms with Gasteiger partial charge in [-0.05, 0) is 18.2 Å². The minimum atomic E-state index is -0.445. The number of nitriles is 1. The van der Waals surface area contributed by atoms with Gasteiger partial charge >= 0.3 is 0 Å². The van der Waals surface area contributed by atoms with Crippen LogP contribution in [0.15, 0.2) is 23.3 Å². The summed E-state index contributed by atoms with van der Waals surface area (Å²) in [5.41, 5.74) is 8.53. The molecule has 8 heteroatoms. The summed E-state index contributed by atoms with van der Waals surface area (Å²) >= 11 is 0. The van der Waals surface area contributed by atoms with Crippen LogP contribution in [0.5, 0.6) is 5.75 Å². The molecule has 1 aromatic rings. The lowest BCUT2D eigenvalue weighted by Crippen LogP contribution is -2.22. The smallest absolute Gasteiger partial charge is 0.224 e. The number of hydrogen-bond donors (Lipinski definition) is 4. The zero-order valence-electron chi connectivity index (χ0n) is 11.7. The van der Waals surface area contributed by atoms with Crippen molar-refractivity contribution in [2.24, 2.45) is 10.8 Å². The normalized spacial score (nSPS) is 10.4. The van der Waals surface area contributed by atoms with Gasteiger partial charge in [0.15, 0.2) is 5.84 Å². The molecule has 1 rings (SSSR count). The van der Waals surface area contributed by atoms with Gasteiger partial charge in [0.05, 0.1) is 7.11 Å².